The van der Waals surface area contributed by atoms with Gasteiger partial charge in [-0.1, -0.05) is 36.4 Å². The van der Waals surface area contributed by atoms with E-state index >= 15 is 0 Å². The number of H-pyrrole nitrogens is 1. The Kier molecular flexibility index (Phi) is 5.81. The van der Waals surface area contributed by atoms with Crippen molar-refractivity contribution in [2.45, 2.75) is 25.8 Å². The van der Waals surface area contributed by atoms with Crippen LogP contribution in [-0.2, 0) is 13.0 Å². The van der Waals surface area contributed by atoms with Gasteiger partial charge in [0.1, 0.15) is 0 Å². The molecule has 2 aliphatic heterocycles. The summed E-state index contributed by atoms with van der Waals surface area (Å²) >= 11 is 0. The van der Waals surface area contributed by atoms with E-state index in [1.54, 1.807) is 0 Å². The number of benzene rings is 2. The maximum Gasteiger partial charge on any atom is 0.296 e. The Balaban J connectivity index is 0.000000294. The first-order valence-electron chi connectivity index (χ1n) is 10.2. The number of hydrogen-bond acceptors (Lipinski definition) is 5. The molecule has 1 saturated heterocycles. The SMILES string of the molecule is CN1CCCC1.COc1nc2c(c(=O)[nH]1)CCN(c1cccc3ccccc13)C2. The molecule has 0 unspecified atom stereocenters. The highest BCUT2D eigenvalue weighted by molar-refractivity contribution is 5.94. The highest BCUT2D eigenvalue weighted by Crippen LogP contribution is 2.29. The number of rotatable bonds is 2. The number of fused-ring (bicyclic) bond motifs is 2. The highest BCUT2D eigenvalue weighted by Gasteiger charge is 2.22. The van der Waals surface area contributed by atoms with Crippen molar-refractivity contribution in [3.63, 3.8) is 0 Å². The number of hydrogen-bond donors (Lipinski definition) is 1. The predicted molar refractivity (Wildman–Crippen MR) is 117 cm³/mol. The van der Waals surface area contributed by atoms with Crippen LogP contribution in [0.25, 0.3) is 10.8 Å². The molecule has 1 N–H and O–H groups in total. The summed E-state index contributed by atoms with van der Waals surface area (Å²) in [5.74, 6) is 0. The van der Waals surface area contributed by atoms with E-state index in [1.165, 1.54) is 49.5 Å². The number of nitrogens with zero attached hydrogens (tertiary/aromatic N) is 3. The monoisotopic (exact) mass is 392 g/mol. The normalized spacial score (nSPS) is 16.3. The molecule has 0 bridgehead atoms. The number of ether oxygens (including phenoxy) is 1. The van der Waals surface area contributed by atoms with Crippen molar-refractivity contribution >= 4 is 16.5 Å². The third-order valence-corrected chi connectivity index (χ3v) is 5.68. The van der Waals surface area contributed by atoms with Crippen molar-refractivity contribution in [1.82, 2.24) is 14.9 Å². The smallest absolute Gasteiger partial charge is 0.296 e. The average molecular weight is 393 g/mol. The maximum absolute atomic E-state index is 12.1. The van der Waals surface area contributed by atoms with Crippen LogP contribution in [0.15, 0.2) is 47.3 Å². The van der Waals surface area contributed by atoms with Gasteiger partial charge in [-0.05, 0) is 50.9 Å². The van der Waals surface area contributed by atoms with E-state index in [-0.39, 0.29) is 11.6 Å². The molecule has 1 fully saturated rings. The van der Waals surface area contributed by atoms with Gasteiger partial charge in [0, 0.05) is 23.2 Å². The van der Waals surface area contributed by atoms with E-state index in [0.29, 0.717) is 13.0 Å². The number of likely N-dealkylation sites (tertiary alicyclic amines) is 1. The Morgan fingerprint density at radius 1 is 1.03 bits per heavy atom. The summed E-state index contributed by atoms with van der Waals surface area (Å²) in [4.78, 5) is 23.8. The third kappa shape index (κ3) is 4.27. The van der Waals surface area contributed by atoms with Crippen LogP contribution in [0.1, 0.15) is 24.1 Å². The molecular weight excluding hydrogens is 364 g/mol. The van der Waals surface area contributed by atoms with Crippen LogP contribution in [0.4, 0.5) is 5.69 Å². The van der Waals surface area contributed by atoms with E-state index in [4.69, 9.17) is 4.74 Å². The second-order valence-electron chi connectivity index (χ2n) is 7.68. The lowest BCUT2D eigenvalue weighted by Crippen LogP contribution is -2.35. The molecule has 5 rings (SSSR count). The van der Waals surface area contributed by atoms with Gasteiger partial charge >= 0.3 is 0 Å². The van der Waals surface area contributed by atoms with Gasteiger partial charge in [-0.15, -0.1) is 0 Å². The molecule has 0 amide bonds. The summed E-state index contributed by atoms with van der Waals surface area (Å²) in [6.45, 7) is 4.06. The third-order valence-electron chi connectivity index (χ3n) is 5.68. The molecule has 0 spiro atoms. The Labute approximate surface area is 171 Å². The summed E-state index contributed by atoms with van der Waals surface area (Å²) in [6.07, 6.45) is 3.51. The van der Waals surface area contributed by atoms with Gasteiger partial charge in [0.05, 0.1) is 19.3 Å². The summed E-state index contributed by atoms with van der Waals surface area (Å²) in [6, 6.07) is 14.9. The quantitative estimate of drug-likeness (QED) is 0.726. The van der Waals surface area contributed by atoms with Crippen molar-refractivity contribution in [3.05, 3.63) is 64.1 Å². The Morgan fingerprint density at radius 3 is 2.52 bits per heavy atom. The second-order valence-corrected chi connectivity index (χ2v) is 7.68. The van der Waals surface area contributed by atoms with Crippen LogP contribution in [0.3, 0.4) is 0 Å². The van der Waals surface area contributed by atoms with Crippen LogP contribution in [0.2, 0.25) is 0 Å². The molecule has 0 saturated carbocycles. The van der Waals surface area contributed by atoms with Crippen LogP contribution in [-0.4, -0.2) is 48.7 Å². The van der Waals surface area contributed by atoms with E-state index in [9.17, 15) is 4.79 Å². The minimum Gasteiger partial charge on any atom is -0.468 e. The fraction of sp³-hybridized carbons (Fsp3) is 0.391. The molecular formula is C23H28N4O2. The Hall–Kier alpha value is -2.86. The topological polar surface area (TPSA) is 61.5 Å². The molecule has 3 aromatic rings. The summed E-state index contributed by atoms with van der Waals surface area (Å²) in [5, 5.41) is 2.43. The largest absolute Gasteiger partial charge is 0.468 e. The standard InChI is InChI=1S/C18H17N3O2.C5H11N/c1-23-18-19-15-11-21(10-9-14(15)17(22)20-18)16-8-4-6-12-5-2-3-7-13(12)16;1-6-4-2-3-5-6/h2-8H,9-11H2,1H3,(H,19,20,22);2-5H2,1H3. The van der Waals surface area contributed by atoms with Crippen LogP contribution in [0, 0.1) is 0 Å². The van der Waals surface area contributed by atoms with Gasteiger partial charge < -0.3 is 14.5 Å². The van der Waals surface area contributed by atoms with Crippen LogP contribution >= 0.6 is 0 Å². The van der Waals surface area contributed by atoms with E-state index < -0.39 is 0 Å². The summed E-state index contributed by atoms with van der Waals surface area (Å²) in [7, 11) is 3.68. The van der Waals surface area contributed by atoms with Crippen molar-refractivity contribution in [1.29, 1.82) is 0 Å². The molecule has 3 heterocycles. The fourth-order valence-electron chi connectivity index (χ4n) is 4.08. The Morgan fingerprint density at radius 2 is 1.79 bits per heavy atom. The van der Waals surface area contributed by atoms with Crippen molar-refractivity contribution in [2.75, 3.05) is 38.7 Å². The zero-order valence-electron chi connectivity index (χ0n) is 17.1. The van der Waals surface area contributed by atoms with Crippen LogP contribution in [0.5, 0.6) is 6.01 Å². The zero-order chi connectivity index (χ0) is 20.2. The molecule has 2 aliphatic rings. The zero-order valence-corrected chi connectivity index (χ0v) is 17.1. The first-order valence-corrected chi connectivity index (χ1v) is 10.2. The highest BCUT2D eigenvalue weighted by atomic mass is 16.5. The van der Waals surface area contributed by atoms with E-state index in [1.807, 2.05) is 6.07 Å². The Bertz CT molecular complexity index is 1040. The molecule has 29 heavy (non-hydrogen) atoms. The second kappa shape index (κ2) is 8.66. The molecule has 0 radical (unpaired) electrons. The molecule has 1 aromatic heterocycles. The molecule has 0 aliphatic carbocycles. The molecule has 152 valence electrons. The first-order chi connectivity index (χ1) is 14.2. The molecule has 6 heteroatoms. The van der Waals surface area contributed by atoms with Gasteiger partial charge in [0.15, 0.2) is 0 Å². The lowest BCUT2D eigenvalue weighted by Gasteiger charge is -2.30. The fourth-order valence-corrected chi connectivity index (χ4v) is 4.08. The lowest BCUT2D eigenvalue weighted by molar-refractivity contribution is 0.374. The minimum absolute atomic E-state index is 0.0931. The van der Waals surface area contributed by atoms with Gasteiger partial charge in [-0.3, -0.25) is 9.78 Å². The molecule has 6 nitrogen and oxygen atoms in total. The van der Waals surface area contributed by atoms with Gasteiger partial charge in [-0.2, -0.15) is 4.98 Å². The summed E-state index contributed by atoms with van der Waals surface area (Å²) in [5.41, 5.74) is 2.64. The van der Waals surface area contributed by atoms with Crippen molar-refractivity contribution < 1.29 is 4.74 Å². The first kappa shape index (κ1) is 19.5. The number of anilines is 1. The van der Waals surface area contributed by atoms with Crippen LogP contribution < -0.4 is 15.2 Å². The summed E-state index contributed by atoms with van der Waals surface area (Å²) < 4.78 is 5.09. The van der Waals surface area contributed by atoms with Crippen molar-refractivity contribution in [3.8, 4) is 6.01 Å². The average Bonchev–Trinajstić information content (AvgIpc) is 3.24. The van der Waals surface area contributed by atoms with E-state index in [0.717, 1.165) is 17.8 Å². The number of aromatic nitrogens is 2. The molecule has 2 aromatic carbocycles. The van der Waals surface area contributed by atoms with Gasteiger partial charge in [0.2, 0.25) is 0 Å². The van der Waals surface area contributed by atoms with E-state index in [2.05, 4.69) is 63.2 Å². The van der Waals surface area contributed by atoms with Gasteiger partial charge in [0.25, 0.3) is 11.6 Å². The number of aromatic amines is 1. The number of nitrogens with one attached hydrogen (secondary N) is 1. The maximum atomic E-state index is 12.1. The minimum atomic E-state index is -0.0931. The van der Waals surface area contributed by atoms with Gasteiger partial charge in [-0.25, -0.2) is 0 Å². The number of methoxy groups -OCH3 is 1. The predicted octanol–water partition coefficient (Wildman–Crippen LogP) is 3.21. The van der Waals surface area contributed by atoms with Crippen molar-refractivity contribution in [2.24, 2.45) is 0 Å². The lowest BCUT2D eigenvalue weighted by atomic mass is 10.0. The molecule has 0 atom stereocenters.